The molecule has 0 saturated heterocycles. The van der Waals surface area contributed by atoms with Gasteiger partial charge in [0.05, 0.1) is 16.6 Å². The molecule has 0 aliphatic rings. The Bertz CT molecular complexity index is 1430. The van der Waals surface area contributed by atoms with Gasteiger partial charge in [-0.1, -0.05) is 35.9 Å². The monoisotopic (exact) mass is 415 g/mol. The number of aromatic nitrogens is 5. The van der Waals surface area contributed by atoms with E-state index in [2.05, 4.69) is 20.1 Å². The van der Waals surface area contributed by atoms with Crippen molar-refractivity contribution in [1.82, 2.24) is 24.7 Å². The molecule has 148 valence electrons. The summed E-state index contributed by atoms with van der Waals surface area (Å²) in [5.41, 5.74) is 6.05. The molecular weight excluding hydrogens is 398 g/mol. The van der Waals surface area contributed by atoms with E-state index in [-0.39, 0.29) is 5.56 Å². The van der Waals surface area contributed by atoms with Crippen LogP contribution in [0.2, 0.25) is 5.02 Å². The molecule has 3 heterocycles. The number of pyridine rings is 1. The van der Waals surface area contributed by atoms with Crippen molar-refractivity contribution in [3.05, 3.63) is 87.7 Å². The topological polar surface area (TPSA) is 79.4 Å². The zero-order valence-electron chi connectivity index (χ0n) is 16.4. The Balaban J connectivity index is 1.65. The van der Waals surface area contributed by atoms with Gasteiger partial charge in [0.1, 0.15) is 5.82 Å². The summed E-state index contributed by atoms with van der Waals surface area (Å²) in [6.07, 6.45) is 3.43. The highest BCUT2D eigenvalue weighted by atomic mass is 35.5. The number of aromatic amines is 2. The zero-order chi connectivity index (χ0) is 20.8. The molecular formula is C23H18ClN5O. The Hall–Kier alpha value is -3.64. The molecule has 5 rings (SSSR count). The van der Waals surface area contributed by atoms with Crippen LogP contribution in [-0.4, -0.2) is 24.7 Å². The van der Waals surface area contributed by atoms with E-state index in [0.29, 0.717) is 16.1 Å². The Morgan fingerprint density at radius 3 is 2.27 bits per heavy atom. The second-order valence-electron chi connectivity index (χ2n) is 7.23. The zero-order valence-corrected chi connectivity index (χ0v) is 17.2. The molecule has 0 aliphatic carbocycles. The van der Waals surface area contributed by atoms with Gasteiger partial charge < -0.3 is 4.98 Å². The van der Waals surface area contributed by atoms with Crippen molar-refractivity contribution >= 4 is 22.5 Å². The molecule has 30 heavy (non-hydrogen) atoms. The molecule has 3 aromatic heterocycles. The third-order valence-corrected chi connectivity index (χ3v) is 5.41. The van der Waals surface area contributed by atoms with Crippen LogP contribution in [0.4, 0.5) is 0 Å². The lowest BCUT2D eigenvalue weighted by atomic mass is 10.0. The van der Waals surface area contributed by atoms with Crippen LogP contribution in [-0.2, 0) is 0 Å². The Kier molecular flexibility index (Phi) is 4.29. The number of H-pyrrole nitrogens is 2. The molecule has 0 aliphatic heterocycles. The van der Waals surface area contributed by atoms with Crippen molar-refractivity contribution < 1.29 is 0 Å². The number of hydrogen-bond donors (Lipinski definition) is 2. The highest BCUT2D eigenvalue weighted by Gasteiger charge is 2.16. The van der Waals surface area contributed by atoms with Crippen LogP contribution in [0.15, 0.2) is 65.7 Å². The van der Waals surface area contributed by atoms with Crippen LogP contribution in [0.3, 0.4) is 0 Å². The molecule has 6 nitrogen and oxygen atoms in total. The summed E-state index contributed by atoms with van der Waals surface area (Å²) in [6.45, 7) is 3.92. The van der Waals surface area contributed by atoms with Gasteiger partial charge in [0, 0.05) is 39.9 Å². The second kappa shape index (κ2) is 7.00. The second-order valence-corrected chi connectivity index (χ2v) is 7.66. The first-order chi connectivity index (χ1) is 14.5. The number of imidazole rings is 1. The molecule has 0 unspecified atom stereocenters. The van der Waals surface area contributed by atoms with Gasteiger partial charge in [-0.05, 0) is 43.7 Å². The largest absolute Gasteiger partial charge is 0.342 e. The van der Waals surface area contributed by atoms with Crippen molar-refractivity contribution in [2.45, 2.75) is 13.8 Å². The van der Waals surface area contributed by atoms with Crippen LogP contribution < -0.4 is 5.56 Å². The molecule has 0 atom stereocenters. The van der Waals surface area contributed by atoms with Crippen molar-refractivity contribution in [3.63, 3.8) is 0 Å². The van der Waals surface area contributed by atoms with Gasteiger partial charge in [0.25, 0.3) is 5.56 Å². The van der Waals surface area contributed by atoms with Crippen LogP contribution in [0.25, 0.3) is 39.1 Å². The van der Waals surface area contributed by atoms with E-state index in [1.165, 1.54) is 4.68 Å². The van der Waals surface area contributed by atoms with E-state index in [1.54, 1.807) is 30.5 Å². The summed E-state index contributed by atoms with van der Waals surface area (Å²) in [6, 6.07) is 15.2. The predicted molar refractivity (Wildman–Crippen MR) is 119 cm³/mol. The summed E-state index contributed by atoms with van der Waals surface area (Å²) >= 11 is 5.99. The first kappa shape index (κ1) is 18.4. The summed E-state index contributed by atoms with van der Waals surface area (Å²) in [5, 5.41) is 4.42. The summed E-state index contributed by atoms with van der Waals surface area (Å²) in [5.74, 6) is 0.828. The number of rotatable bonds is 3. The molecule has 2 N–H and O–H groups in total. The van der Waals surface area contributed by atoms with E-state index < -0.39 is 0 Å². The van der Waals surface area contributed by atoms with Gasteiger partial charge in [0.15, 0.2) is 0 Å². The first-order valence-corrected chi connectivity index (χ1v) is 9.88. The minimum atomic E-state index is -0.149. The lowest BCUT2D eigenvalue weighted by molar-refractivity contribution is 0.864. The van der Waals surface area contributed by atoms with E-state index in [9.17, 15) is 4.79 Å². The van der Waals surface area contributed by atoms with Crippen LogP contribution in [0.1, 0.15) is 11.4 Å². The highest BCUT2D eigenvalue weighted by Crippen LogP contribution is 2.30. The minimum absolute atomic E-state index is 0.149. The summed E-state index contributed by atoms with van der Waals surface area (Å²) in [4.78, 5) is 25.1. The number of benzene rings is 2. The Morgan fingerprint density at radius 1 is 0.900 bits per heavy atom. The molecule has 5 aromatic rings. The van der Waals surface area contributed by atoms with Gasteiger partial charge >= 0.3 is 0 Å². The van der Waals surface area contributed by atoms with Gasteiger partial charge in [-0.3, -0.25) is 14.9 Å². The van der Waals surface area contributed by atoms with Crippen molar-refractivity contribution in [2.75, 3.05) is 0 Å². The Morgan fingerprint density at radius 2 is 1.60 bits per heavy atom. The van der Waals surface area contributed by atoms with Gasteiger partial charge in [-0.25, -0.2) is 9.67 Å². The standard InChI is InChI=1S/C23H18ClN5O/c1-13-11-26-22(27-13)16-5-3-15(4-6-16)20-14(2)25-12-19-21(20)28-29(23(19)30)18-9-7-17(24)8-10-18/h3-12,28H,1-2H3,(H,26,27). The molecule has 0 amide bonds. The first-order valence-electron chi connectivity index (χ1n) is 9.50. The average molecular weight is 416 g/mol. The van der Waals surface area contributed by atoms with Crippen molar-refractivity contribution in [2.24, 2.45) is 0 Å². The SMILES string of the molecule is Cc1cnc(-c2ccc(-c3c(C)ncc4c(=O)n(-c5ccc(Cl)cc5)[nH]c34)cc2)[nH]1. The number of halogens is 1. The van der Waals surface area contributed by atoms with Gasteiger partial charge in [-0.15, -0.1) is 0 Å². The minimum Gasteiger partial charge on any atom is -0.342 e. The van der Waals surface area contributed by atoms with E-state index in [4.69, 9.17) is 11.6 Å². The average Bonchev–Trinajstić information content (AvgIpc) is 3.32. The summed E-state index contributed by atoms with van der Waals surface area (Å²) < 4.78 is 1.52. The molecule has 7 heteroatoms. The predicted octanol–water partition coefficient (Wildman–Crippen LogP) is 5.04. The normalized spacial score (nSPS) is 11.3. The van der Waals surface area contributed by atoms with E-state index >= 15 is 0 Å². The number of aryl methyl sites for hydroxylation is 2. The molecule has 2 aromatic carbocycles. The maximum atomic E-state index is 13.0. The Labute approximate surface area is 177 Å². The van der Waals surface area contributed by atoms with Crippen molar-refractivity contribution in [1.29, 1.82) is 0 Å². The number of fused-ring (bicyclic) bond motifs is 1. The van der Waals surface area contributed by atoms with Gasteiger partial charge in [0.2, 0.25) is 0 Å². The number of nitrogens with one attached hydrogen (secondary N) is 2. The number of nitrogens with zero attached hydrogens (tertiary/aromatic N) is 3. The summed E-state index contributed by atoms with van der Waals surface area (Å²) in [7, 11) is 0. The van der Waals surface area contributed by atoms with Gasteiger partial charge in [-0.2, -0.15) is 0 Å². The molecule has 0 radical (unpaired) electrons. The third-order valence-electron chi connectivity index (χ3n) is 5.16. The maximum Gasteiger partial charge on any atom is 0.280 e. The molecule has 0 spiro atoms. The third kappa shape index (κ3) is 3.02. The molecule has 0 bridgehead atoms. The molecule has 0 fully saturated rings. The maximum absolute atomic E-state index is 13.0. The highest BCUT2D eigenvalue weighted by molar-refractivity contribution is 6.30. The smallest absolute Gasteiger partial charge is 0.280 e. The van der Waals surface area contributed by atoms with Crippen molar-refractivity contribution in [3.8, 4) is 28.2 Å². The lowest BCUT2D eigenvalue weighted by Crippen LogP contribution is -2.14. The lowest BCUT2D eigenvalue weighted by Gasteiger charge is -2.08. The van der Waals surface area contributed by atoms with Crippen LogP contribution in [0.5, 0.6) is 0 Å². The molecule has 0 saturated carbocycles. The van der Waals surface area contributed by atoms with E-state index in [1.807, 2.05) is 44.3 Å². The fraction of sp³-hybridized carbons (Fsp3) is 0.0870. The fourth-order valence-electron chi connectivity index (χ4n) is 3.65. The van der Waals surface area contributed by atoms with E-state index in [0.717, 1.165) is 39.4 Å². The number of hydrogen-bond acceptors (Lipinski definition) is 3. The quantitative estimate of drug-likeness (QED) is 0.433. The van der Waals surface area contributed by atoms with Crippen LogP contribution in [0, 0.1) is 13.8 Å². The van der Waals surface area contributed by atoms with Crippen LogP contribution >= 0.6 is 11.6 Å². The fourth-order valence-corrected chi connectivity index (χ4v) is 3.77.